The molecule has 0 spiro atoms. The molecule has 16 heavy (non-hydrogen) atoms. The summed E-state index contributed by atoms with van der Waals surface area (Å²) < 4.78 is 0. The molecule has 0 aliphatic carbocycles. The van der Waals surface area contributed by atoms with Crippen molar-refractivity contribution < 1.29 is 4.79 Å². The molecule has 80 valence electrons. The van der Waals surface area contributed by atoms with E-state index in [-0.39, 0.29) is 0 Å². The van der Waals surface area contributed by atoms with Crippen LogP contribution in [0.1, 0.15) is 10.4 Å². The first-order chi connectivity index (χ1) is 7.83. The van der Waals surface area contributed by atoms with Crippen LogP contribution in [0.5, 0.6) is 0 Å². The number of aldehydes is 1. The SMILES string of the molecule is CN(c1cccnc1)c1ncccc1C=O. The third kappa shape index (κ3) is 1.91. The van der Waals surface area contributed by atoms with Gasteiger partial charge in [-0.25, -0.2) is 4.98 Å². The summed E-state index contributed by atoms with van der Waals surface area (Å²) in [5, 5.41) is 0. The molecule has 0 aromatic carbocycles. The zero-order chi connectivity index (χ0) is 11.4. The Hall–Kier alpha value is -2.23. The second kappa shape index (κ2) is 4.53. The molecule has 0 atom stereocenters. The summed E-state index contributed by atoms with van der Waals surface area (Å²) in [6, 6.07) is 7.23. The standard InChI is InChI=1S/C12H11N3O/c1-15(11-5-3-6-13-8-11)12-10(9-16)4-2-7-14-12/h2-9H,1H3. The Morgan fingerprint density at radius 1 is 1.25 bits per heavy atom. The highest BCUT2D eigenvalue weighted by Crippen LogP contribution is 2.22. The number of hydrogen-bond acceptors (Lipinski definition) is 4. The van der Waals surface area contributed by atoms with Gasteiger partial charge in [-0.2, -0.15) is 0 Å². The van der Waals surface area contributed by atoms with E-state index in [0.29, 0.717) is 11.4 Å². The van der Waals surface area contributed by atoms with Gasteiger partial charge in [0.05, 0.1) is 17.4 Å². The minimum Gasteiger partial charge on any atom is -0.328 e. The van der Waals surface area contributed by atoms with Crippen molar-refractivity contribution in [3.8, 4) is 0 Å². The van der Waals surface area contributed by atoms with E-state index < -0.39 is 0 Å². The van der Waals surface area contributed by atoms with Crippen molar-refractivity contribution >= 4 is 17.8 Å². The maximum Gasteiger partial charge on any atom is 0.153 e. The number of nitrogens with zero attached hydrogens (tertiary/aromatic N) is 3. The van der Waals surface area contributed by atoms with Gasteiger partial charge >= 0.3 is 0 Å². The van der Waals surface area contributed by atoms with E-state index in [1.165, 1.54) is 0 Å². The molecule has 0 aliphatic heterocycles. The number of anilines is 2. The van der Waals surface area contributed by atoms with E-state index in [4.69, 9.17) is 0 Å². The van der Waals surface area contributed by atoms with Crippen molar-refractivity contribution in [3.05, 3.63) is 48.4 Å². The molecule has 4 nitrogen and oxygen atoms in total. The van der Waals surface area contributed by atoms with Crippen LogP contribution in [0.2, 0.25) is 0 Å². The number of hydrogen-bond donors (Lipinski definition) is 0. The molecule has 0 N–H and O–H groups in total. The van der Waals surface area contributed by atoms with Gasteiger partial charge in [0.2, 0.25) is 0 Å². The average molecular weight is 213 g/mol. The molecule has 0 aliphatic rings. The van der Waals surface area contributed by atoms with Crippen LogP contribution in [0.15, 0.2) is 42.9 Å². The van der Waals surface area contributed by atoms with Gasteiger partial charge in [-0.15, -0.1) is 0 Å². The lowest BCUT2D eigenvalue weighted by Crippen LogP contribution is -2.13. The molecular formula is C12H11N3O. The van der Waals surface area contributed by atoms with E-state index in [2.05, 4.69) is 9.97 Å². The van der Waals surface area contributed by atoms with Gasteiger partial charge in [-0.3, -0.25) is 9.78 Å². The van der Waals surface area contributed by atoms with Crippen LogP contribution in [-0.2, 0) is 0 Å². The predicted octanol–water partition coefficient (Wildman–Crippen LogP) is 2.06. The lowest BCUT2D eigenvalue weighted by molar-refractivity contribution is 0.112. The summed E-state index contributed by atoms with van der Waals surface area (Å²) in [6.45, 7) is 0. The highest BCUT2D eigenvalue weighted by molar-refractivity contribution is 5.84. The van der Waals surface area contributed by atoms with E-state index in [9.17, 15) is 4.79 Å². The fourth-order valence-electron chi connectivity index (χ4n) is 1.46. The van der Waals surface area contributed by atoms with Crippen LogP contribution in [0, 0.1) is 0 Å². The van der Waals surface area contributed by atoms with Crippen molar-refractivity contribution in [2.75, 3.05) is 11.9 Å². The van der Waals surface area contributed by atoms with Crippen LogP contribution >= 0.6 is 0 Å². The Morgan fingerprint density at radius 2 is 2.06 bits per heavy atom. The number of rotatable bonds is 3. The van der Waals surface area contributed by atoms with Crippen molar-refractivity contribution in [1.29, 1.82) is 0 Å². The third-order valence-corrected chi connectivity index (χ3v) is 2.29. The maximum atomic E-state index is 10.9. The Morgan fingerprint density at radius 3 is 2.75 bits per heavy atom. The number of pyridine rings is 2. The molecule has 0 bridgehead atoms. The van der Waals surface area contributed by atoms with E-state index in [1.807, 2.05) is 24.1 Å². The molecule has 0 radical (unpaired) electrons. The lowest BCUT2D eigenvalue weighted by Gasteiger charge is -2.18. The van der Waals surface area contributed by atoms with Crippen LogP contribution in [0.25, 0.3) is 0 Å². The topological polar surface area (TPSA) is 46.1 Å². The van der Waals surface area contributed by atoms with Gasteiger partial charge in [0.25, 0.3) is 0 Å². The Labute approximate surface area is 93.6 Å². The van der Waals surface area contributed by atoms with E-state index >= 15 is 0 Å². The van der Waals surface area contributed by atoms with Gasteiger partial charge < -0.3 is 4.90 Å². The summed E-state index contributed by atoms with van der Waals surface area (Å²) in [4.78, 5) is 20.9. The highest BCUT2D eigenvalue weighted by atomic mass is 16.1. The summed E-state index contributed by atoms with van der Waals surface area (Å²) in [5.41, 5.74) is 1.46. The minimum absolute atomic E-state index is 0.564. The fraction of sp³-hybridized carbons (Fsp3) is 0.0833. The lowest BCUT2D eigenvalue weighted by atomic mass is 10.2. The van der Waals surface area contributed by atoms with Crippen LogP contribution < -0.4 is 4.90 Å². The van der Waals surface area contributed by atoms with Gasteiger partial charge in [0, 0.05) is 19.4 Å². The molecule has 2 rings (SSSR count). The fourth-order valence-corrected chi connectivity index (χ4v) is 1.46. The third-order valence-electron chi connectivity index (χ3n) is 2.29. The summed E-state index contributed by atoms with van der Waals surface area (Å²) in [7, 11) is 1.85. The normalized spacial score (nSPS) is 9.81. The average Bonchev–Trinajstić information content (AvgIpc) is 2.39. The molecule has 0 saturated carbocycles. The largest absolute Gasteiger partial charge is 0.328 e. The molecule has 0 unspecified atom stereocenters. The monoisotopic (exact) mass is 213 g/mol. The summed E-state index contributed by atoms with van der Waals surface area (Å²) >= 11 is 0. The maximum absolute atomic E-state index is 10.9. The highest BCUT2D eigenvalue weighted by Gasteiger charge is 2.09. The van der Waals surface area contributed by atoms with Crippen LogP contribution in [0.4, 0.5) is 11.5 Å². The van der Waals surface area contributed by atoms with E-state index in [1.54, 1.807) is 30.7 Å². The molecule has 2 aromatic rings. The molecule has 0 saturated heterocycles. The Bertz CT molecular complexity index is 485. The summed E-state index contributed by atoms with van der Waals surface area (Å²) in [6.07, 6.45) is 5.89. The number of carbonyl (C=O) groups is 1. The smallest absolute Gasteiger partial charge is 0.153 e. The van der Waals surface area contributed by atoms with Gasteiger partial charge in [0.1, 0.15) is 5.82 Å². The molecule has 4 heteroatoms. The van der Waals surface area contributed by atoms with E-state index in [0.717, 1.165) is 12.0 Å². The van der Waals surface area contributed by atoms with Gasteiger partial charge in [0.15, 0.2) is 6.29 Å². The number of aromatic nitrogens is 2. The molecule has 0 fully saturated rings. The second-order valence-corrected chi connectivity index (χ2v) is 3.30. The van der Waals surface area contributed by atoms with Crippen LogP contribution in [-0.4, -0.2) is 23.3 Å². The van der Waals surface area contributed by atoms with Crippen LogP contribution in [0.3, 0.4) is 0 Å². The summed E-state index contributed by atoms with van der Waals surface area (Å²) in [5.74, 6) is 0.630. The predicted molar refractivity (Wildman–Crippen MR) is 61.9 cm³/mol. The molecular weight excluding hydrogens is 202 g/mol. The first-order valence-electron chi connectivity index (χ1n) is 4.87. The molecule has 0 amide bonds. The first-order valence-corrected chi connectivity index (χ1v) is 4.87. The minimum atomic E-state index is 0.564. The van der Waals surface area contributed by atoms with Gasteiger partial charge in [-0.05, 0) is 24.3 Å². The van der Waals surface area contributed by atoms with Gasteiger partial charge in [-0.1, -0.05) is 0 Å². The first kappa shape index (κ1) is 10.3. The molecule has 2 heterocycles. The quantitative estimate of drug-likeness (QED) is 0.732. The van der Waals surface area contributed by atoms with Crippen molar-refractivity contribution in [1.82, 2.24) is 9.97 Å². The van der Waals surface area contributed by atoms with Crippen molar-refractivity contribution in [2.24, 2.45) is 0 Å². The van der Waals surface area contributed by atoms with Crippen molar-refractivity contribution in [3.63, 3.8) is 0 Å². The zero-order valence-electron chi connectivity index (χ0n) is 8.87. The Balaban J connectivity index is 2.41. The second-order valence-electron chi connectivity index (χ2n) is 3.30. The molecule has 2 aromatic heterocycles. The van der Waals surface area contributed by atoms with Crippen molar-refractivity contribution in [2.45, 2.75) is 0 Å². The Kier molecular flexibility index (Phi) is 2.91. The zero-order valence-corrected chi connectivity index (χ0v) is 8.87. The number of carbonyl (C=O) groups excluding carboxylic acids is 1.